The third-order valence-corrected chi connectivity index (χ3v) is 7.89. The van der Waals surface area contributed by atoms with Crippen LogP contribution >= 0.6 is 22.7 Å². The lowest BCUT2D eigenvalue weighted by molar-refractivity contribution is 0.491. The first-order valence-electron chi connectivity index (χ1n) is 9.77. The highest BCUT2D eigenvalue weighted by molar-refractivity contribution is 7.89. The fourth-order valence-electron chi connectivity index (χ4n) is 3.05. The van der Waals surface area contributed by atoms with Gasteiger partial charge in [0.1, 0.15) is 5.01 Å². The van der Waals surface area contributed by atoms with Gasteiger partial charge in [-0.3, -0.25) is 0 Å². The van der Waals surface area contributed by atoms with Gasteiger partial charge in [0.2, 0.25) is 10.0 Å². The molecule has 4 aromatic rings. The molecule has 0 amide bonds. The average molecular weight is 486 g/mol. The number of thiazole rings is 2. The molecule has 0 aliphatic rings. The molecule has 0 radical (unpaired) electrons. The number of hydrogen-bond donors (Lipinski definition) is 3. The van der Waals surface area contributed by atoms with Crippen LogP contribution in [0.25, 0.3) is 21.0 Å². The highest BCUT2D eigenvalue weighted by Crippen LogP contribution is 2.37. The average Bonchev–Trinajstić information content (AvgIpc) is 3.39. The number of rotatable bonds is 6. The molecule has 0 fully saturated rings. The predicted octanol–water partition coefficient (Wildman–Crippen LogP) is 5.34. The Morgan fingerprint density at radius 1 is 1.03 bits per heavy atom. The zero-order valence-electron chi connectivity index (χ0n) is 17.8. The monoisotopic (exact) mass is 485 g/mol. The summed E-state index contributed by atoms with van der Waals surface area (Å²) in [6, 6.07) is 12.7. The maximum absolute atomic E-state index is 13.3. The molecule has 0 aliphatic carbocycles. The Morgan fingerprint density at radius 3 is 2.44 bits per heavy atom. The first-order chi connectivity index (χ1) is 15.1. The molecular weight excluding hydrogens is 462 g/mol. The molecule has 32 heavy (non-hydrogen) atoms. The largest absolute Gasteiger partial charge is 0.399 e. The number of sulfonamides is 1. The molecule has 2 heterocycles. The first-order valence-corrected chi connectivity index (χ1v) is 13.0. The van der Waals surface area contributed by atoms with Crippen LogP contribution in [-0.2, 0) is 10.0 Å². The smallest absolute Gasteiger partial charge is 0.241 e. The summed E-state index contributed by atoms with van der Waals surface area (Å²) in [6.45, 7) is 5.44. The lowest BCUT2D eigenvalue weighted by atomic mass is 10.1. The Hall–Kier alpha value is -2.79. The number of nitrogens with two attached hydrogens (primary N) is 1. The number of nitrogen functional groups attached to an aromatic ring is 1. The molecule has 0 saturated carbocycles. The molecule has 0 bridgehead atoms. The van der Waals surface area contributed by atoms with Crippen LogP contribution in [0, 0.1) is 0 Å². The highest BCUT2D eigenvalue weighted by atomic mass is 32.2. The van der Waals surface area contributed by atoms with Crippen molar-refractivity contribution in [1.82, 2.24) is 14.7 Å². The Bertz CT molecular complexity index is 1320. The van der Waals surface area contributed by atoms with E-state index in [-0.39, 0.29) is 4.90 Å². The molecule has 0 unspecified atom stereocenters. The fourth-order valence-corrected chi connectivity index (χ4v) is 6.29. The summed E-state index contributed by atoms with van der Waals surface area (Å²) in [5, 5.41) is 6.50. The summed E-state index contributed by atoms with van der Waals surface area (Å²) in [5.41, 5.74) is 7.98. The SMILES string of the molecule is CC(C)(C)NS(=O)(=O)c1cc(Nc2nccs2)ccc1-c1cnc(-c2ccc(N)cc2)s1. The standard InChI is InChI=1S/C22H23N5O2S3/c1-22(2,3)27-32(28,29)19-12-16(26-21-24-10-11-30-21)8-9-17(19)18-13-25-20(31-18)14-4-6-15(23)7-5-14/h4-13,27H,23H2,1-3H3,(H,24,26). The zero-order valence-corrected chi connectivity index (χ0v) is 20.2. The lowest BCUT2D eigenvalue weighted by Gasteiger charge is -2.22. The van der Waals surface area contributed by atoms with Crippen molar-refractivity contribution in [3.63, 3.8) is 0 Å². The van der Waals surface area contributed by atoms with Crippen LogP contribution in [0.4, 0.5) is 16.5 Å². The van der Waals surface area contributed by atoms with Crippen LogP contribution in [0.1, 0.15) is 20.8 Å². The summed E-state index contributed by atoms with van der Waals surface area (Å²) in [5.74, 6) is 0. The number of nitrogens with zero attached hydrogens (tertiary/aromatic N) is 2. The van der Waals surface area contributed by atoms with Crippen molar-refractivity contribution in [1.29, 1.82) is 0 Å². The highest BCUT2D eigenvalue weighted by Gasteiger charge is 2.26. The molecule has 4 N–H and O–H groups in total. The van der Waals surface area contributed by atoms with Crippen LogP contribution in [0.3, 0.4) is 0 Å². The lowest BCUT2D eigenvalue weighted by Crippen LogP contribution is -2.40. The van der Waals surface area contributed by atoms with E-state index in [1.165, 1.54) is 22.7 Å². The maximum Gasteiger partial charge on any atom is 0.241 e. The molecule has 10 heteroatoms. The molecule has 7 nitrogen and oxygen atoms in total. The quantitative estimate of drug-likeness (QED) is 0.318. The van der Waals surface area contributed by atoms with Gasteiger partial charge in [-0.2, -0.15) is 0 Å². The van der Waals surface area contributed by atoms with Gasteiger partial charge in [-0.25, -0.2) is 23.1 Å². The topological polar surface area (TPSA) is 110 Å². The molecular formula is C22H23N5O2S3. The molecule has 0 saturated heterocycles. The van der Waals surface area contributed by atoms with Crippen molar-refractivity contribution in [2.45, 2.75) is 31.2 Å². The van der Waals surface area contributed by atoms with Crippen molar-refractivity contribution < 1.29 is 8.42 Å². The van der Waals surface area contributed by atoms with E-state index in [0.717, 1.165) is 15.4 Å². The third-order valence-electron chi connectivity index (χ3n) is 4.32. The fraction of sp³-hybridized carbons (Fsp3) is 0.182. The second-order valence-corrected chi connectivity index (χ2v) is 11.8. The number of aromatic nitrogens is 2. The van der Waals surface area contributed by atoms with Gasteiger partial charge in [-0.1, -0.05) is 6.07 Å². The van der Waals surface area contributed by atoms with Crippen LogP contribution in [0.2, 0.25) is 0 Å². The van der Waals surface area contributed by atoms with Crippen molar-refractivity contribution >= 4 is 49.2 Å². The Kier molecular flexibility index (Phi) is 6.04. The van der Waals surface area contributed by atoms with Crippen LogP contribution in [0.5, 0.6) is 0 Å². The molecule has 2 aromatic heterocycles. The van der Waals surface area contributed by atoms with Crippen LogP contribution in [-0.4, -0.2) is 23.9 Å². The third kappa shape index (κ3) is 5.16. The predicted molar refractivity (Wildman–Crippen MR) is 133 cm³/mol. The first kappa shape index (κ1) is 22.4. The summed E-state index contributed by atoms with van der Waals surface area (Å²) < 4.78 is 29.4. The minimum absolute atomic E-state index is 0.182. The van der Waals surface area contributed by atoms with Gasteiger partial charge in [0.15, 0.2) is 5.13 Å². The normalized spacial score (nSPS) is 12.1. The van der Waals surface area contributed by atoms with Crippen molar-refractivity contribution in [2.75, 3.05) is 11.1 Å². The molecule has 2 aromatic carbocycles. The summed E-state index contributed by atoms with van der Waals surface area (Å²) >= 11 is 2.87. The Balaban J connectivity index is 1.78. The van der Waals surface area contributed by atoms with Gasteiger partial charge in [0, 0.05) is 45.8 Å². The zero-order chi connectivity index (χ0) is 22.9. The number of hydrogen-bond acceptors (Lipinski definition) is 8. The maximum atomic E-state index is 13.3. The van der Waals surface area contributed by atoms with Gasteiger partial charge in [0.25, 0.3) is 0 Å². The van der Waals surface area contributed by atoms with E-state index in [1.54, 1.807) is 24.5 Å². The van der Waals surface area contributed by atoms with Gasteiger partial charge in [-0.15, -0.1) is 22.7 Å². The second-order valence-electron chi connectivity index (χ2n) is 8.18. The van der Waals surface area contributed by atoms with E-state index in [0.29, 0.717) is 22.1 Å². The van der Waals surface area contributed by atoms with E-state index in [1.807, 2.05) is 56.5 Å². The van der Waals surface area contributed by atoms with Gasteiger partial charge < -0.3 is 11.1 Å². The van der Waals surface area contributed by atoms with E-state index < -0.39 is 15.6 Å². The second kappa shape index (κ2) is 8.62. The van der Waals surface area contributed by atoms with Crippen molar-refractivity contribution in [3.05, 3.63) is 60.2 Å². The van der Waals surface area contributed by atoms with E-state index >= 15 is 0 Å². The van der Waals surface area contributed by atoms with Crippen LogP contribution in [0.15, 0.2) is 65.1 Å². The number of nitrogens with one attached hydrogen (secondary N) is 2. The molecule has 166 valence electrons. The number of anilines is 3. The minimum Gasteiger partial charge on any atom is -0.399 e. The molecule has 4 rings (SSSR count). The Labute approximate surface area is 195 Å². The minimum atomic E-state index is -3.80. The Morgan fingerprint density at radius 2 is 1.78 bits per heavy atom. The van der Waals surface area contributed by atoms with E-state index in [4.69, 9.17) is 5.73 Å². The summed E-state index contributed by atoms with van der Waals surface area (Å²) in [4.78, 5) is 9.66. The summed E-state index contributed by atoms with van der Waals surface area (Å²) in [7, 11) is -3.80. The van der Waals surface area contributed by atoms with Crippen LogP contribution < -0.4 is 15.8 Å². The molecule has 0 atom stereocenters. The van der Waals surface area contributed by atoms with Gasteiger partial charge in [0.05, 0.1) is 9.77 Å². The van der Waals surface area contributed by atoms with E-state index in [9.17, 15) is 8.42 Å². The molecule has 0 spiro atoms. The van der Waals surface area contributed by atoms with Crippen molar-refractivity contribution in [3.8, 4) is 21.0 Å². The molecule has 0 aliphatic heterocycles. The summed E-state index contributed by atoms with van der Waals surface area (Å²) in [6.07, 6.45) is 3.39. The number of benzene rings is 2. The van der Waals surface area contributed by atoms with Gasteiger partial charge >= 0.3 is 0 Å². The van der Waals surface area contributed by atoms with E-state index in [2.05, 4.69) is 20.0 Å². The van der Waals surface area contributed by atoms with Crippen molar-refractivity contribution in [2.24, 2.45) is 0 Å². The van der Waals surface area contributed by atoms with Gasteiger partial charge in [-0.05, 0) is 57.2 Å².